The Balaban J connectivity index is 1.66. The van der Waals surface area contributed by atoms with E-state index in [9.17, 15) is 19.3 Å². The van der Waals surface area contributed by atoms with E-state index in [2.05, 4.69) is 10.4 Å². The van der Waals surface area contributed by atoms with Crippen LogP contribution in [0.1, 0.15) is 45.7 Å². The number of fused-ring (bicyclic) bond motifs is 1. The molecule has 1 aromatic heterocycles. The summed E-state index contributed by atoms with van der Waals surface area (Å²) in [4.78, 5) is 23.6. The van der Waals surface area contributed by atoms with E-state index in [-0.39, 0.29) is 30.5 Å². The molecule has 1 unspecified atom stereocenters. The maximum atomic E-state index is 13.5. The fraction of sp³-hybridized carbons (Fsp3) is 0.273. The molecule has 1 atom stereocenters. The molecule has 8 nitrogen and oxygen atoms in total. The van der Waals surface area contributed by atoms with E-state index in [0.717, 1.165) is 22.9 Å². The molecule has 160 valence electrons. The van der Waals surface area contributed by atoms with Crippen LogP contribution in [-0.2, 0) is 24.4 Å². The number of aromatic nitrogens is 2. The molecule has 1 aliphatic heterocycles. The molecule has 0 saturated carbocycles. The molecule has 0 amide bonds. The first kappa shape index (κ1) is 20.7. The van der Waals surface area contributed by atoms with Crippen molar-refractivity contribution in [3.8, 4) is 0 Å². The van der Waals surface area contributed by atoms with Crippen LogP contribution in [0.5, 0.6) is 0 Å². The summed E-state index contributed by atoms with van der Waals surface area (Å²) in [7, 11) is 0. The maximum absolute atomic E-state index is 13.5. The summed E-state index contributed by atoms with van der Waals surface area (Å²) < 4.78 is 20.6. The van der Waals surface area contributed by atoms with Gasteiger partial charge in [0.2, 0.25) is 0 Å². The summed E-state index contributed by atoms with van der Waals surface area (Å²) in [5.41, 5.74) is 2.59. The Kier molecular flexibility index (Phi) is 5.77. The summed E-state index contributed by atoms with van der Waals surface area (Å²) >= 11 is 0. The summed E-state index contributed by atoms with van der Waals surface area (Å²) in [6.07, 6.45) is 0. The van der Waals surface area contributed by atoms with Gasteiger partial charge < -0.3 is 10.1 Å². The van der Waals surface area contributed by atoms with Gasteiger partial charge in [-0.2, -0.15) is 5.10 Å². The van der Waals surface area contributed by atoms with Crippen molar-refractivity contribution in [3.63, 3.8) is 0 Å². The topological polar surface area (TPSA) is 99.3 Å². The van der Waals surface area contributed by atoms with Crippen molar-refractivity contribution in [2.75, 3.05) is 6.54 Å². The van der Waals surface area contributed by atoms with Crippen molar-refractivity contribution in [1.82, 2.24) is 15.1 Å². The first-order chi connectivity index (χ1) is 14.9. The number of rotatable bonds is 6. The number of halogens is 1. The van der Waals surface area contributed by atoms with Crippen LogP contribution in [0, 0.1) is 15.9 Å². The lowest BCUT2D eigenvalue weighted by Gasteiger charge is -2.22. The number of nitrogens with one attached hydrogen (secondary N) is 1. The van der Waals surface area contributed by atoms with Gasteiger partial charge in [-0.3, -0.25) is 14.8 Å². The molecule has 2 heterocycles. The molecule has 0 saturated heterocycles. The van der Waals surface area contributed by atoms with Crippen molar-refractivity contribution in [1.29, 1.82) is 0 Å². The van der Waals surface area contributed by atoms with Crippen LogP contribution in [0.15, 0.2) is 48.5 Å². The number of ether oxygens (including phenoxy) is 1. The Labute approximate surface area is 177 Å². The van der Waals surface area contributed by atoms with Crippen molar-refractivity contribution in [2.45, 2.75) is 32.5 Å². The van der Waals surface area contributed by atoms with E-state index in [1.165, 1.54) is 12.1 Å². The summed E-state index contributed by atoms with van der Waals surface area (Å²) in [6.45, 7) is 3.29. The Bertz CT molecular complexity index is 1130. The monoisotopic (exact) mass is 424 g/mol. The molecule has 0 spiro atoms. The molecule has 1 N–H and O–H groups in total. The highest BCUT2D eigenvalue weighted by Crippen LogP contribution is 2.29. The second-order valence-corrected chi connectivity index (χ2v) is 7.49. The highest BCUT2D eigenvalue weighted by molar-refractivity contribution is 5.89. The maximum Gasteiger partial charge on any atom is 0.359 e. The van der Waals surface area contributed by atoms with Gasteiger partial charge in [-0.15, -0.1) is 0 Å². The number of esters is 1. The number of hydrogen-bond acceptors (Lipinski definition) is 6. The molecule has 0 bridgehead atoms. The largest absolute Gasteiger partial charge is 0.456 e. The molecule has 0 aliphatic carbocycles. The number of benzene rings is 2. The Hall–Kier alpha value is -3.59. The van der Waals surface area contributed by atoms with Crippen LogP contribution in [0.2, 0.25) is 0 Å². The minimum absolute atomic E-state index is 0.0337. The molecule has 1 aliphatic rings. The van der Waals surface area contributed by atoms with Gasteiger partial charge in [0.15, 0.2) is 5.69 Å². The van der Waals surface area contributed by atoms with E-state index < -0.39 is 16.7 Å². The average molecular weight is 424 g/mol. The average Bonchev–Trinajstić information content (AvgIpc) is 3.13. The highest BCUT2D eigenvalue weighted by atomic mass is 19.1. The number of hydrogen-bond donors (Lipinski definition) is 1. The van der Waals surface area contributed by atoms with Gasteiger partial charge in [0.1, 0.15) is 12.4 Å². The number of nitrogens with zero attached hydrogens (tertiary/aromatic N) is 3. The van der Waals surface area contributed by atoms with Crippen molar-refractivity contribution >= 4 is 11.7 Å². The molecular formula is C22H21FN4O4. The van der Waals surface area contributed by atoms with Gasteiger partial charge in [-0.1, -0.05) is 37.3 Å². The zero-order valence-electron chi connectivity index (χ0n) is 16.9. The third kappa shape index (κ3) is 4.31. The van der Waals surface area contributed by atoms with Crippen LogP contribution in [0.4, 0.5) is 10.1 Å². The number of nitro benzene ring substituents is 1. The standard InChI is InChI=1S/C22H21FN4O4/c1-14-10-24-11-18-20(22(28)31-13-15-5-3-2-4-6-15)25-26(21(14)18)12-16-7-8-17(23)9-19(16)27(29)30/h2-9,14,24H,10-13H2,1H3. The molecule has 2 aromatic carbocycles. The molecule has 0 fully saturated rings. The lowest BCUT2D eigenvalue weighted by atomic mass is 9.97. The van der Waals surface area contributed by atoms with Gasteiger partial charge in [0.25, 0.3) is 5.69 Å². The first-order valence-electron chi connectivity index (χ1n) is 9.88. The summed E-state index contributed by atoms with van der Waals surface area (Å²) in [6, 6.07) is 12.8. The number of carbonyl (C=O) groups is 1. The van der Waals surface area contributed by atoms with Crippen molar-refractivity contribution in [3.05, 3.63) is 92.5 Å². The molecule has 4 rings (SSSR count). The van der Waals surface area contributed by atoms with Crippen LogP contribution in [0.25, 0.3) is 0 Å². The van der Waals surface area contributed by atoms with Crippen molar-refractivity contribution in [2.24, 2.45) is 0 Å². The van der Waals surface area contributed by atoms with Crippen LogP contribution < -0.4 is 5.32 Å². The van der Waals surface area contributed by atoms with E-state index in [0.29, 0.717) is 18.7 Å². The predicted octanol–water partition coefficient (Wildman–Crippen LogP) is 3.54. The quantitative estimate of drug-likeness (QED) is 0.369. The highest BCUT2D eigenvalue weighted by Gasteiger charge is 2.30. The van der Waals surface area contributed by atoms with Crippen LogP contribution in [0.3, 0.4) is 0 Å². The van der Waals surface area contributed by atoms with E-state index in [1.807, 2.05) is 37.3 Å². The summed E-state index contributed by atoms with van der Waals surface area (Å²) in [5, 5.41) is 19.1. The van der Waals surface area contributed by atoms with E-state index in [1.54, 1.807) is 4.68 Å². The fourth-order valence-electron chi connectivity index (χ4n) is 3.83. The minimum Gasteiger partial charge on any atom is -0.456 e. The second kappa shape index (κ2) is 8.65. The van der Waals surface area contributed by atoms with Crippen molar-refractivity contribution < 1.29 is 18.8 Å². The lowest BCUT2D eigenvalue weighted by molar-refractivity contribution is -0.385. The third-order valence-electron chi connectivity index (χ3n) is 5.28. The normalized spacial score (nSPS) is 15.4. The third-order valence-corrected chi connectivity index (χ3v) is 5.28. The van der Waals surface area contributed by atoms with Gasteiger partial charge in [0.05, 0.1) is 23.1 Å². The fourth-order valence-corrected chi connectivity index (χ4v) is 3.83. The van der Waals surface area contributed by atoms with Gasteiger partial charge >= 0.3 is 5.97 Å². The zero-order valence-corrected chi connectivity index (χ0v) is 16.9. The molecule has 0 radical (unpaired) electrons. The second-order valence-electron chi connectivity index (χ2n) is 7.49. The molecule has 9 heteroatoms. The first-order valence-corrected chi connectivity index (χ1v) is 9.88. The van der Waals surface area contributed by atoms with E-state index in [4.69, 9.17) is 4.74 Å². The Morgan fingerprint density at radius 2 is 2.10 bits per heavy atom. The Morgan fingerprint density at radius 3 is 2.84 bits per heavy atom. The van der Waals surface area contributed by atoms with E-state index >= 15 is 0 Å². The summed E-state index contributed by atoms with van der Waals surface area (Å²) in [5.74, 6) is -1.20. The number of nitro groups is 1. The Morgan fingerprint density at radius 1 is 1.32 bits per heavy atom. The van der Waals surface area contributed by atoms with Gasteiger partial charge in [-0.25, -0.2) is 9.18 Å². The zero-order chi connectivity index (χ0) is 22.0. The molecule has 31 heavy (non-hydrogen) atoms. The lowest BCUT2D eigenvalue weighted by Crippen LogP contribution is -2.29. The van der Waals surface area contributed by atoms with Gasteiger partial charge in [0, 0.05) is 30.3 Å². The van der Waals surface area contributed by atoms with Crippen LogP contribution in [-0.4, -0.2) is 27.2 Å². The van der Waals surface area contributed by atoms with Crippen LogP contribution >= 0.6 is 0 Å². The molecule has 3 aromatic rings. The predicted molar refractivity (Wildman–Crippen MR) is 110 cm³/mol. The molecular weight excluding hydrogens is 403 g/mol. The van der Waals surface area contributed by atoms with Gasteiger partial charge in [-0.05, 0) is 17.7 Å². The minimum atomic E-state index is -0.680. The smallest absolute Gasteiger partial charge is 0.359 e. The SMILES string of the molecule is CC1CNCc2c(C(=O)OCc3ccccc3)nn(Cc3ccc(F)cc3[N+](=O)[O-])c21. The number of carbonyl (C=O) groups excluding carboxylic acids is 1.